The number of carbonyl (C=O) groups excluding carboxylic acids is 1. The van der Waals surface area contributed by atoms with Gasteiger partial charge in [0.15, 0.2) is 5.13 Å². The summed E-state index contributed by atoms with van der Waals surface area (Å²) in [6.07, 6.45) is 1.79. The molecule has 1 fully saturated rings. The van der Waals surface area contributed by atoms with E-state index in [1.807, 2.05) is 30.1 Å². The second-order valence-electron chi connectivity index (χ2n) is 5.74. The maximum atomic E-state index is 12.4. The second kappa shape index (κ2) is 6.07. The fourth-order valence-electron chi connectivity index (χ4n) is 2.83. The van der Waals surface area contributed by atoms with Crippen molar-refractivity contribution in [3.63, 3.8) is 0 Å². The van der Waals surface area contributed by atoms with E-state index in [9.17, 15) is 4.79 Å². The van der Waals surface area contributed by atoms with E-state index in [2.05, 4.69) is 15.0 Å². The van der Waals surface area contributed by atoms with E-state index in [0.29, 0.717) is 23.8 Å². The van der Waals surface area contributed by atoms with Gasteiger partial charge in [-0.15, -0.1) is 0 Å². The summed E-state index contributed by atoms with van der Waals surface area (Å²) in [7, 11) is 1.81. The zero-order valence-electron chi connectivity index (χ0n) is 13.1. The Morgan fingerprint density at radius 3 is 2.67 bits per heavy atom. The predicted octanol–water partition coefficient (Wildman–Crippen LogP) is 2.65. The summed E-state index contributed by atoms with van der Waals surface area (Å²) >= 11 is 7.85. The van der Waals surface area contributed by atoms with Crippen LogP contribution in [0.2, 0.25) is 5.02 Å². The number of nitrogens with zero attached hydrogens (tertiary/aromatic N) is 5. The maximum absolute atomic E-state index is 12.4. The summed E-state index contributed by atoms with van der Waals surface area (Å²) in [5.74, 6) is -0.0115. The van der Waals surface area contributed by atoms with Crippen molar-refractivity contribution in [1.29, 1.82) is 0 Å². The van der Waals surface area contributed by atoms with E-state index >= 15 is 0 Å². The molecule has 124 valence electrons. The fourth-order valence-corrected chi connectivity index (χ4v) is 4.15. The summed E-state index contributed by atoms with van der Waals surface area (Å²) in [4.78, 5) is 21.2. The average Bonchev–Trinajstić information content (AvgIpc) is 3.21. The second-order valence-corrected chi connectivity index (χ2v) is 7.15. The number of piperazine rings is 1. The number of hydrogen-bond donors (Lipinski definition) is 0. The first kappa shape index (κ1) is 15.4. The van der Waals surface area contributed by atoms with Crippen LogP contribution in [0, 0.1) is 0 Å². The van der Waals surface area contributed by atoms with Gasteiger partial charge in [0.1, 0.15) is 11.2 Å². The molecule has 2 aromatic heterocycles. The Bertz CT molecular complexity index is 897. The molecule has 3 aromatic rings. The lowest BCUT2D eigenvalue weighted by Gasteiger charge is -2.34. The van der Waals surface area contributed by atoms with Gasteiger partial charge in [-0.1, -0.05) is 29.0 Å². The molecule has 1 amide bonds. The van der Waals surface area contributed by atoms with E-state index < -0.39 is 0 Å². The van der Waals surface area contributed by atoms with E-state index in [1.165, 1.54) is 0 Å². The summed E-state index contributed by atoms with van der Waals surface area (Å²) < 4.78 is 2.73. The molecule has 0 bridgehead atoms. The summed E-state index contributed by atoms with van der Waals surface area (Å²) in [5.41, 5.74) is 1.35. The quantitative estimate of drug-likeness (QED) is 0.704. The van der Waals surface area contributed by atoms with Gasteiger partial charge in [-0.2, -0.15) is 5.10 Å². The van der Waals surface area contributed by atoms with Gasteiger partial charge in [0.25, 0.3) is 5.91 Å². The number of rotatable bonds is 2. The van der Waals surface area contributed by atoms with Crippen molar-refractivity contribution in [2.24, 2.45) is 7.05 Å². The molecule has 1 aromatic carbocycles. The van der Waals surface area contributed by atoms with Crippen molar-refractivity contribution >= 4 is 44.2 Å². The van der Waals surface area contributed by atoms with Crippen molar-refractivity contribution in [3.8, 4) is 0 Å². The molecule has 0 radical (unpaired) electrons. The average molecular weight is 362 g/mol. The number of thiazole rings is 1. The highest BCUT2D eigenvalue weighted by molar-refractivity contribution is 7.22. The molecule has 1 aliphatic heterocycles. The van der Waals surface area contributed by atoms with Crippen LogP contribution >= 0.6 is 22.9 Å². The zero-order valence-corrected chi connectivity index (χ0v) is 14.7. The minimum atomic E-state index is -0.0115. The lowest BCUT2D eigenvalue weighted by molar-refractivity contribution is 0.0740. The van der Waals surface area contributed by atoms with Crippen LogP contribution in [0.5, 0.6) is 0 Å². The SMILES string of the molecule is Cn1ccc(C(=O)N2CCN(c3nc4c(Cl)cccc4s3)CC2)n1. The first-order valence-corrected chi connectivity index (χ1v) is 8.90. The Hall–Kier alpha value is -2.12. The van der Waals surface area contributed by atoms with Gasteiger partial charge in [0.2, 0.25) is 0 Å². The summed E-state index contributed by atoms with van der Waals surface area (Å²) in [6.45, 7) is 2.85. The van der Waals surface area contributed by atoms with Crippen LogP contribution in [-0.2, 0) is 7.05 Å². The fraction of sp³-hybridized carbons (Fsp3) is 0.312. The lowest BCUT2D eigenvalue weighted by Crippen LogP contribution is -2.48. The highest BCUT2D eigenvalue weighted by Crippen LogP contribution is 2.33. The van der Waals surface area contributed by atoms with Crippen molar-refractivity contribution in [1.82, 2.24) is 19.7 Å². The molecule has 1 aliphatic rings. The molecule has 0 unspecified atom stereocenters. The first-order valence-electron chi connectivity index (χ1n) is 7.71. The Morgan fingerprint density at radius 1 is 1.21 bits per heavy atom. The van der Waals surface area contributed by atoms with Crippen molar-refractivity contribution in [3.05, 3.63) is 41.2 Å². The monoisotopic (exact) mass is 361 g/mol. The number of anilines is 1. The third-order valence-corrected chi connectivity index (χ3v) is 5.51. The van der Waals surface area contributed by atoms with Crippen molar-refractivity contribution < 1.29 is 4.79 Å². The number of halogens is 1. The van der Waals surface area contributed by atoms with Gasteiger partial charge in [-0.25, -0.2) is 4.98 Å². The lowest BCUT2D eigenvalue weighted by atomic mass is 10.3. The topological polar surface area (TPSA) is 54.3 Å². The van der Waals surface area contributed by atoms with Crippen LogP contribution < -0.4 is 4.90 Å². The van der Waals surface area contributed by atoms with Gasteiger partial charge in [0.05, 0.1) is 9.72 Å². The highest BCUT2D eigenvalue weighted by atomic mass is 35.5. The molecular formula is C16H16ClN5OS. The van der Waals surface area contributed by atoms with E-state index in [1.54, 1.807) is 28.3 Å². The normalized spacial score (nSPS) is 15.2. The van der Waals surface area contributed by atoms with E-state index in [4.69, 9.17) is 11.6 Å². The number of carbonyl (C=O) groups is 1. The Balaban J connectivity index is 1.47. The molecule has 0 N–H and O–H groups in total. The predicted molar refractivity (Wildman–Crippen MR) is 96.0 cm³/mol. The minimum Gasteiger partial charge on any atom is -0.345 e. The molecule has 1 saturated heterocycles. The van der Waals surface area contributed by atoms with Gasteiger partial charge < -0.3 is 9.80 Å². The van der Waals surface area contributed by atoms with Crippen LogP contribution in [0.3, 0.4) is 0 Å². The molecule has 0 aliphatic carbocycles. The van der Waals surface area contributed by atoms with Crippen LogP contribution in [0.1, 0.15) is 10.5 Å². The first-order chi connectivity index (χ1) is 11.6. The van der Waals surface area contributed by atoms with Gasteiger partial charge in [0, 0.05) is 39.4 Å². The zero-order chi connectivity index (χ0) is 16.7. The standard InChI is InChI=1S/C16H16ClN5OS/c1-20-6-5-12(19-20)15(23)21-7-9-22(10-8-21)16-18-14-11(17)3-2-4-13(14)24-16/h2-6H,7-10H2,1H3. The molecule has 0 saturated carbocycles. The maximum Gasteiger partial charge on any atom is 0.274 e. The number of amides is 1. The molecule has 4 rings (SSSR count). The molecule has 0 spiro atoms. The molecule has 24 heavy (non-hydrogen) atoms. The van der Waals surface area contributed by atoms with Crippen LogP contribution in [0.15, 0.2) is 30.5 Å². The number of aryl methyl sites for hydroxylation is 1. The van der Waals surface area contributed by atoms with Crippen molar-refractivity contribution in [2.45, 2.75) is 0 Å². The Kier molecular flexibility index (Phi) is 3.90. The Labute approximate surface area is 148 Å². The van der Waals surface area contributed by atoms with Crippen LogP contribution in [0.25, 0.3) is 10.2 Å². The number of hydrogen-bond acceptors (Lipinski definition) is 5. The third-order valence-electron chi connectivity index (χ3n) is 4.13. The molecule has 0 atom stereocenters. The minimum absolute atomic E-state index is 0.0115. The third kappa shape index (κ3) is 2.74. The van der Waals surface area contributed by atoms with Crippen LogP contribution in [0.4, 0.5) is 5.13 Å². The summed E-state index contributed by atoms with van der Waals surface area (Å²) in [5, 5.41) is 5.83. The Morgan fingerprint density at radius 2 is 2.00 bits per heavy atom. The number of fused-ring (bicyclic) bond motifs is 1. The van der Waals surface area contributed by atoms with Gasteiger partial charge in [-0.3, -0.25) is 9.48 Å². The number of aromatic nitrogens is 3. The van der Waals surface area contributed by atoms with Crippen LogP contribution in [-0.4, -0.2) is 51.8 Å². The van der Waals surface area contributed by atoms with Gasteiger partial charge in [-0.05, 0) is 18.2 Å². The largest absolute Gasteiger partial charge is 0.345 e. The van der Waals surface area contributed by atoms with E-state index in [-0.39, 0.29) is 5.91 Å². The molecule has 6 nitrogen and oxygen atoms in total. The van der Waals surface area contributed by atoms with E-state index in [0.717, 1.165) is 28.4 Å². The number of para-hydroxylation sites is 1. The summed E-state index contributed by atoms with van der Waals surface area (Å²) in [6, 6.07) is 7.58. The number of benzene rings is 1. The molecule has 3 heterocycles. The highest BCUT2D eigenvalue weighted by Gasteiger charge is 2.25. The van der Waals surface area contributed by atoms with Crippen molar-refractivity contribution in [2.75, 3.05) is 31.1 Å². The van der Waals surface area contributed by atoms with Gasteiger partial charge >= 0.3 is 0 Å². The molecule has 8 heteroatoms. The molecular weight excluding hydrogens is 346 g/mol. The smallest absolute Gasteiger partial charge is 0.274 e.